The van der Waals surface area contributed by atoms with E-state index in [1.807, 2.05) is 13.8 Å². The molecule has 0 saturated carbocycles. The Morgan fingerprint density at radius 3 is 2.70 bits per heavy atom. The Morgan fingerprint density at radius 2 is 2.03 bits per heavy atom. The van der Waals surface area contributed by atoms with Gasteiger partial charge in [-0.1, -0.05) is 25.4 Å². The maximum atomic E-state index is 12.8. The molecule has 0 aliphatic carbocycles. The molecule has 1 aliphatic rings. The van der Waals surface area contributed by atoms with Gasteiger partial charge in [-0.2, -0.15) is 0 Å². The van der Waals surface area contributed by atoms with Crippen molar-refractivity contribution in [2.24, 2.45) is 0 Å². The second-order valence-electron chi connectivity index (χ2n) is 8.11. The zero-order chi connectivity index (χ0) is 23.9. The number of rotatable bonds is 12. The molecule has 1 aromatic carbocycles. The largest absolute Gasteiger partial charge is 0.493 e. The molecule has 1 aliphatic heterocycles. The van der Waals surface area contributed by atoms with E-state index in [2.05, 4.69) is 14.6 Å². The predicted molar refractivity (Wildman–Crippen MR) is 131 cm³/mol. The van der Waals surface area contributed by atoms with Gasteiger partial charge in [-0.15, -0.1) is 11.3 Å². The van der Waals surface area contributed by atoms with Gasteiger partial charge in [-0.25, -0.2) is 13.4 Å². The van der Waals surface area contributed by atoms with Gasteiger partial charge in [-0.3, -0.25) is 9.62 Å². The molecule has 8 nitrogen and oxygen atoms in total. The van der Waals surface area contributed by atoms with Gasteiger partial charge in [0.2, 0.25) is 0 Å². The number of sulfonamides is 1. The van der Waals surface area contributed by atoms with Crippen LogP contribution in [0.25, 0.3) is 0 Å². The van der Waals surface area contributed by atoms with Gasteiger partial charge in [0.05, 0.1) is 36.1 Å². The van der Waals surface area contributed by atoms with Gasteiger partial charge in [0, 0.05) is 37.5 Å². The molecule has 1 fully saturated rings. The van der Waals surface area contributed by atoms with Gasteiger partial charge >= 0.3 is 0 Å². The van der Waals surface area contributed by atoms with E-state index in [4.69, 9.17) is 21.1 Å². The van der Waals surface area contributed by atoms with Crippen molar-refractivity contribution in [3.63, 3.8) is 0 Å². The molecule has 0 amide bonds. The van der Waals surface area contributed by atoms with Crippen LogP contribution in [0.3, 0.4) is 0 Å². The summed E-state index contributed by atoms with van der Waals surface area (Å²) in [5.41, 5.74) is -0.193. The fraction of sp³-hybridized carbons (Fsp3) is 0.591. The monoisotopic (exact) mass is 517 g/mol. The number of morpholine rings is 1. The molecule has 0 bridgehead atoms. The van der Waals surface area contributed by atoms with Crippen LogP contribution >= 0.6 is 22.9 Å². The highest BCUT2D eigenvalue weighted by Crippen LogP contribution is 2.30. The zero-order valence-corrected chi connectivity index (χ0v) is 21.4. The number of aromatic nitrogens is 1. The lowest BCUT2D eigenvalue weighted by molar-refractivity contribution is 0.0319. The third-order valence-electron chi connectivity index (χ3n) is 5.78. The van der Waals surface area contributed by atoms with E-state index in [1.54, 1.807) is 11.4 Å². The van der Waals surface area contributed by atoms with Crippen LogP contribution < -0.4 is 9.46 Å². The van der Waals surface area contributed by atoms with E-state index in [0.717, 1.165) is 39.3 Å². The van der Waals surface area contributed by atoms with Crippen LogP contribution in [0.5, 0.6) is 5.75 Å². The molecule has 2 N–H and O–H groups in total. The number of hydrogen-bond donors (Lipinski definition) is 2. The topological polar surface area (TPSA) is 101 Å². The summed E-state index contributed by atoms with van der Waals surface area (Å²) in [5.74, 6) is 0.524. The van der Waals surface area contributed by atoms with Crippen LogP contribution in [0, 0.1) is 0 Å². The number of aliphatic hydroxyl groups is 1. The van der Waals surface area contributed by atoms with Crippen LogP contribution in [0.15, 0.2) is 28.5 Å². The van der Waals surface area contributed by atoms with Crippen molar-refractivity contribution in [2.45, 2.75) is 50.0 Å². The maximum Gasteiger partial charge on any atom is 0.265 e. The van der Waals surface area contributed by atoms with Crippen LogP contribution in [0.2, 0.25) is 5.02 Å². The van der Waals surface area contributed by atoms with Crippen molar-refractivity contribution in [1.29, 1.82) is 0 Å². The fourth-order valence-electron chi connectivity index (χ4n) is 3.53. The lowest BCUT2D eigenvalue weighted by Crippen LogP contribution is -2.37. The molecular weight excluding hydrogens is 486 g/mol. The van der Waals surface area contributed by atoms with Crippen LogP contribution in [-0.2, 0) is 21.2 Å². The summed E-state index contributed by atoms with van der Waals surface area (Å²) in [5, 5.41) is 12.6. The third kappa shape index (κ3) is 7.53. The second kappa shape index (κ2) is 11.8. The summed E-state index contributed by atoms with van der Waals surface area (Å²) in [6, 6.07) is 4.55. The molecule has 0 unspecified atom stereocenters. The van der Waals surface area contributed by atoms with Crippen LogP contribution in [0.1, 0.15) is 38.8 Å². The standard InChI is InChI=1S/C22H32ClN3O5S2/c1-3-22(27,4-2)15-17-16-32-21(24-17)25-33(28,29)20-7-6-18(14-19(20)23)31-11-5-8-26-9-12-30-13-10-26/h6-7,14,16,27H,3-5,8-13,15H2,1-2H3,(H,24,25). The van der Waals surface area contributed by atoms with Crippen molar-refractivity contribution >= 4 is 38.1 Å². The van der Waals surface area contributed by atoms with E-state index in [0.29, 0.717) is 37.3 Å². The first-order valence-corrected chi connectivity index (χ1v) is 13.9. The van der Waals surface area contributed by atoms with Crippen LogP contribution in [-0.4, -0.2) is 68.5 Å². The minimum atomic E-state index is -3.91. The normalized spacial score (nSPS) is 15.5. The minimum absolute atomic E-state index is 0.0415. The number of hydrogen-bond acceptors (Lipinski definition) is 8. The number of ether oxygens (including phenoxy) is 2. The smallest absolute Gasteiger partial charge is 0.265 e. The van der Waals surface area contributed by atoms with Crippen molar-refractivity contribution < 1.29 is 23.0 Å². The van der Waals surface area contributed by atoms with Gasteiger partial charge in [0.15, 0.2) is 5.13 Å². The van der Waals surface area contributed by atoms with Crippen molar-refractivity contribution in [3.05, 3.63) is 34.3 Å². The SMILES string of the molecule is CCC(O)(CC)Cc1csc(NS(=O)(=O)c2ccc(OCCCN3CCOCC3)cc2Cl)n1. The van der Waals surface area contributed by atoms with Crippen molar-refractivity contribution in [2.75, 3.05) is 44.2 Å². The average molecular weight is 518 g/mol. The highest BCUT2D eigenvalue weighted by atomic mass is 35.5. The number of anilines is 1. The first-order valence-electron chi connectivity index (χ1n) is 11.2. The molecule has 0 radical (unpaired) electrons. The number of nitrogens with zero attached hydrogens (tertiary/aromatic N) is 2. The molecule has 0 spiro atoms. The summed E-state index contributed by atoms with van der Waals surface area (Å²) < 4.78 is 39.2. The Kier molecular flexibility index (Phi) is 9.37. The number of benzene rings is 1. The van der Waals surface area contributed by atoms with E-state index < -0.39 is 15.6 Å². The predicted octanol–water partition coefficient (Wildman–Crippen LogP) is 3.79. The summed E-state index contributed by atoms with van der Waals surface area (Å²) in [4.78, 5) is 6.61. The Hall–Kier alpha value is -1.43. The maximum absolute atomic E-state index is 12.8. The lowest BCUT2D eigenvalue weighted by Gasteiger charge is -2.26. The summed E-state index contributed by atoms with van der Waals surface area (Å²) >= 11 is 7.45. The average Bonchev–Trinajstić information content (AvgIpc) is 3.22. The fourth-order valence-corrected chi connectivity index (χ4v) is 6.03. The summed E-state index contributed by atoms with van der Waals surface area (Å²) in [6.45, 7) is 8.68. The summed E-state index contributed by atoms with van der Waals surface area (Å²) in [7, 11) is -3.91. The third-order valence-corrected chi connectivity index (χ3v) is 8.54. The summed E-state index contributed by atoms with van der Waals surface area (Å²) in [6.07, 6.45) is 2.42. The molecule has 2 heterocycles. The molecule has 0 atom stereocenters. The Balaban J connectivity index is 1.56. The lowest BCUT2D eigenvalue weighted by atomic mass is 9.92. The van der Waals surface area contributed by atoms with Gasteiger partial charge < -0.3 is 14.6 Å². The van der Waals surface area contributed by atoms with Gasteiger partial charge in [0.1, 0.15) is 10.6 Å². The molecule has 184 valence electrons. The molecule has 33 heavy (non-hydrogen) atoms. The highest BCUT2D eigenvalue weighted by molar-refractivity contribution is 7.93. The molecule has 2 aromatic rings. The quantitative estimate of drug-likeness (QED) is 0.413. The van der Waals surface area contributed by atoms with E-state index >= 15 is 0 Å². The van der Waals surface area contributed by atoms with Crippen molar-refractivity contribution in [1.82, 2.24) is 9.88 Å². The van der Waals surface area contributed by atoms with E-state index in [1.165, 1.54) is 23.5 Å². The highest BCUT2D eigenvalue weighted by Gasteiger charge is 2.25. The minimum Gasteiger partial charge on any atom is -0.493 e. The Labute approximate surface area is 204 Å². The Bertz CT molecular complexity index is 1010. The van der Waals surface area contributed by atoms with Gasteiger partial charge in [-0.05, 0) is 31.4 Å². The van der Waals surface area contributed by atoms with Gasteiger partial charge in [0.25, 0.3) is 10.0 Å². The first kappa shape index (κ1) is 26.2. The molecule has 1 saturated heterocycles. The second-order valence-corrected chi connectivity index (χ2v) is 11.0. The van der Waals surface area contributed by atoms with E-state index in [-0.39, 0.29) is 15.0 Å². The van der Waals surface area contributed by atoms with Crippen LogP contribution in [0.4, 0.5) is 5.13 Å². The zero-order valence-electron chi connectivity index (χ0n) is 19.0. The molecular formula is C22H32ClN3O5S2. The molecule has 3 rings (SSSR count). The Morgan fingerprint density at radius 1 is 1.30 bits per heavy atom. The molecule has 1 aromatic heterocycles. The number of halogens is 1. The molecule has 11 heteroatoms. The van der Waals surface area contributed by atoms with Crippen molar-refractivity contribution in [3.8, 4) is 5.75 Å². The van der Waals surface area contributed by atoms with E-state index in [9.17, 15) is 13.5 Å². The first-order chi connectivity index (χ1) is 15.7. The number of thiazole rings is 1. The number of nitrogens with one attached hydrogen (secondary N) is 1.